The monoisotopic (exact) mass is 412 g/mol. The SMILES string of the molecule is CC[C@@H](C)NC(=O)CNC(=S)N(CCCN1CCOCC1)Cc1cccs1. The molecule has 1 atom stereocenters. The number of ether oxygens (including phenoxy) is 1. The average Bonchev–Trinajstić information content (AvgIpc) is 3.19. The van der Waals surface area contributed by atoms with Crippen LogP contribution in [0.15, 0.2) is 17.5 Å². The summed E-state index contributed by atoms with van der Waals surface area (Å²) in [7, 11) is 0. The van der Waals surface area contributed by atoms with E-state index in [9.17, 15) is 4.79 Å². The first-order chi connectivity index (χ1) is 13.1. The molecule has 0 bridgehead atoms. The number of nitrogens with zero attached hydrogens (tertiary/aromatic N) is 2. The zero-order valence-electron chi connectivity index (χ0n) is 16.4. The topological polar surface area (TPSA) is 56.8 Å². The van der Waals surface area contributed by atoms with Gasteiger partial charge < -0.3 is 20.3 Å². The van der Waals surface area contributed by atoms with Crippen molar-refractivity contribution >= 4 is 34.6 Å². The number of carbonyl (C=O) groups is 1. The zero-order chi connectivity index (χ0) is 19.5. The summed E-state index contributed by atoms with van der Waals surface area (Å²) in [6, 6.07) is 4.36. The van der Waals surface area contributed by atoms with Gasteiger partial charge in [0.1, 0.15) is 0 Å². The molecule has 2 N–H and O–H groups in total. The molecule has 0 saturated carbocycles. The molecule has 1 aliphatic rings. The highest BCUT2D eigenvalue weighted by Crippen LogP contribution is 2.12. The molecule has 2 heterocycles. The second kappa shape index (κ2) is 12.3. The van der Waals surface area contributed by atoms with Gasteiger partial charge in [0.2, 0.25) is 5.91 Å². The van der Waals surface area contributed by atoms with Gasteiger partial charge in [0.15, 0.2) is 5.11 Å². The van der Waals surface area contributed by atoms with Crippen LogP contribution in [0.1, 0.15) is 31.6 Å². The molecule has 6 nitrogen and oxygen atoms in total. The first kappa shape index (κ1) is 22.1. The summed E-state index contributed by atoms with van der Waals surface area (Å²) in [5.74, 6) is -0.0175. The number of thiophene rings is 1. The van der Waals surface area contributed by atoms with Crippen LogP contribution in [0.5, 0.6) is 0 Å². The van der Waals surface area contributed by atoms with Crippen molar-refractivity contribution in [1.29, 1.82) is 0 Å². The van der Waals surface area contributed by atoms with Gasteiger partial charge in [0.05, 0.1) is 26.3 Å². The van der Waals surface area contributed by atoms with Gasteiger partial charge in [0.25, 0.3) is 0 Å². The first-order valence-corrected chi connectivity index (χ1v) is 11.0. The smallest absolute Gasteiger partial charge is 0.239 e. The van der Waals surface area contributed by atoms with E-state index in [0.717, 1.165) is 58.8 Å². The van der Waals surface area contributed by atoms with Crippen LogP contribution >= 0.6 is 23.6 Å². The normalized spacial score (nSPS) is 15.9. The minimum Gasteiger partial charge on any atom is -0.379 e. The zero-order valence-corrected chi connectivity index (χ0v) is 18.0. The lowest BCUT2D eigenvalue weighted by Gasteiger charge is -2.29. The molecule has 8 heteroatoms. The van der Waals surface area contributed by atoms with Gasteiger partial charge in [-0.3, -0.25) is 9.69 Å². The molecule has 0 spiro atoms. The molecule has 0 aromatic carbocycles. The van der Waals surface area contributed by atoms with E-state index < -0.39 is 0 Å². The van der Waals surface area contributed by atoms with Gasteiger partial charge >= 0.3 is 0 Å². The fraction of sp³-hybridized carbons (Fsp3) is 0.684. The number of thiocarbonyl (C=S) groups is 1. The van der Waals surface area contributed by atoms with E-state index in [0.29, 0.717) is 5.11 Å². The molecule has 1 amide bonds. The molecule has 1 saturated heterocycles. The van der Waals surface area contributed by atoms with Gasteiger partial charge in [-0.25, -0.2) is 0 Å². The van der Waals surface area contributed by atoms with Crippen LogP contribution < -0.4 is 10.6 Å². The third-order valence-electron chi connectivity index (χ3n) is 4.64. The maximum atomic E-state index is 12.0. The van der Waals surface area contributed by atoms with Crippen molar-refractivity contribution in [3.05, 3.63) is 22.4 Å². The molecule has 1 aliphatic heterocycles. The molecule has 27 heavy (non-hydrogen) atoms. The van der Waals surface area contributed by atoms with Crippen molar-refractivity contribution in [1.82, 2.24) is 20.4 Å². The second-order valence-electron chi connectivity index (χ2n) is 6.84. The minimum atomic E-state index is -0.0175. The largest absolute Gasteiger partial charge is 0.379 e. The third-order valence-corrected chi connectivity index (χ3v) is 5.90. The molecule has 1 fully saturated rings. The Balaban J connectivity index is 1.80. The van der Waals surface area contributed by atoms with Crippen molar-refractivity contribution in [2.45, 2.75) is 39.3 Å². The molecule has 0 aliphatic carbocycles. The van der Waals surface area contributed by atoms with E-state index in [1.165, 1.54) is 4.88 Å². The van der Waals surface area contributed by atoms with E-state index in [1.807, 2.05) is 6.92 Å². The summed E-state index contributed by atoms with van der Waals surface area (Å²) in [5, 5.41) is 8.81. The van der Waals surface area contributed by atoms with Crippen molar-refractivity contribution in [3.63, 3.8) is 0 Å². The molecular formula is C19H32N4O2S2. The lowest BCUT2D eigenvalue weighted by molar-refractivity contribution is -0.120. The number of rotatable bonds is 10. The number of hydrogen-bond acceptors (Lipinski definition) is 5. The predicted molar refractivity (Wildman–Crippen MR) is 115 cm³/mol. The predicted octanol–water partition coefficient (Wildman–Crippen LogP) is 2.06. The van der Waals surface area contributed by atoms with Crippen LogP contribution in [0.3, 0.4) is 0 Å². The Labute approximate surface area is 172 Å². The summed E-state index contributed by atoms with van der Waals surface area (Å²) >= 11 is 7.32. The second-order valence-corrected chi connectivity index (χ2v) is 8.26. The Morgan fingerprint density at radius 3 is 2.89 bits per heavy atom. The van der Waals surface area contributed by atoms with Gasteiger partial charge in [-0.05, 0) is 43.4 Å². The highest BCUT2D eigenvalue weighted by molar-refractivity contribution is 7.80. The lowest BCUT2D eigenvalue weighted by atomic mass is 10.2. The molecule has 152 valence electrons. The fourth-order valence-electron chi connectivity index (χ4n) is 2.85. The minimum absolute atomic E-state index is 0.0175. The summed E-state index contributed by atoms with van der Waals surface area (Å²) in [6.45, 7) is 10.6. The Kier molecular flexibility index (Phi) is 10.0. The maximum Gasteiger partial charge on any atom is 0.239 e. The number of nitrogens with one attached hydrogen (secondary N) is 2. The third kappa shape index (κ3) is 8.55. The Morgan fingerprint density at radius 2 is 2.22 bits per heavy atom. The standard InChI is InChI=1S/C19H32N4O2S2/c1-3-16(2)21-18(24)14-20-19(26)23(15-17-6-4-13-27-17)8-5-7-22-9-11-25-12-10-22/h4,6,13,16H,3,5,7-12,14-15H2,1-2H3,(H,20,26)(H,21,24)/t16-/m1/s1. The Morgan fingerprint density at radius 1 is 1.44 bits per heavy atom. The van der Waals surface area contributed by atoms with Gasteiger partial charge in [-0.1, -0.05) is 13.0 Å². The van der Waals surface area contributed by atoms with Crippen molar-refractivity contribution < 1.29 is 9.53 Å². The highest BCUT2D eigenvalue weighted by atomic mass is 32.1. The number of carbonyl (C=O) groups excluding carboxylic acids is 1. The van der Waals surface area contributed by atoms with Crippen LogP contribution in [0, 0.1) is 0 Å². The summed E-state index contributed by atoms with van der Waals surface area (Å²) in [6.07, 6.45) is 1.95. The van der Waals surface area contributed by atoms with Gasteiger partial charge in [-0.2, -0.15) is 0 Å². The van der Waals surface area contributed by atoms with E-state index in [2.05, 4.69) is 44.9 Å². The van der Waals surface area contributed by atoms with Crippen LogP contribution in [-0.4, -0.2) is 72.8 Å². The van der Waals surface area contributed by atoms with E-state index in [-0.39, 0.29) is 18.5 Å². The average molecular weight is 413 g/mol. The summed E-state index contributed by atoms with van der Waals surface area (Å²) < 4.78 is 5.41. The van der Waals surface area contributed by atoms with E-state index in [4.69, 9.17) is 17.0 Å². The highest BCUT2D eigenvalue weighted by Gasteiger charge is 2.15. The molecule has 1 aromatic heterocycles. The number of amides is 1. The van der Waals surface area contributed by atoms with E-state index in [1.54, 1.807) is 11.3 Å². The summed E-state index contributed by atoms with van der Waals surface area (Å²) in [5.41, 5.74) is 0. The van der Waals surface area contributed by atoms with Crippen LogP contribution in [0.2, 0.25) is 0 Å². The van der Waals surface area contributed by atoms with Gasteiger partial charge in [0, 0.05) is 37.1 Å². The van der Waals surface area contributed by atoms with E-state index >= 15 is 0 Å². The number of morpholine rings is 1. The van der Waals surface area contributed by atoms with Crippen molar-refractivity contribution in [3.8, 4) is 0 Å². The van der Waals surface area contributed by atoms with Crippen molar-refractivity contribution in [2.75, 3.05) is 45.9 Å². The molecule has 0 radical (unpaired) electrons. The lowest BCUT2D eigenvalue weighted by Crippen LogP contribution is -2.46. The molecule has 2 rings (SSSR count). The van der Waals surface area contributed by atoms with Gasteiger partial charge in [-0.15, -0.1) is 11.3 Å². The summed E-state index contributed by atoms with van der Waals surface area (Å²) in [4.78, 5) is 17.9. The van der Waals surface area contributed by atoms with Crippen LogP contribution in [-0.2, 0) is 16.1 Å². The first-order valence-electron chi connectivity index (χ1n) is 9.73. The Hall–Kier alpha value is -1.22. The van der Waals surface area contributed by atoms with Crippen LogP contribution in [0.25, 0.3) is 0 Å². The molecular weight excluding hydrogens is 380 g/mol. The van der Waals surface area contributed by atoms with Crippen molar-refractivity contribution in [2.24, 2.45) is 0 Å². The molecule has 0 unspecified atom stereocenters. The Bertz CT molecular complexity index is 562. The molecule has 1 aromatic rings. The quantitative estimate of drug-likeness (QED) is 0.574. The van der Waals surface area contributed by atoms with Crippen LogP contribution in [0.4, 0.5) is 0 Å². The maximum absolute atomic E-state index is 12.0. The fourth-order valence-corrected chi connectivity index (χ4v) is 3.80. The number of hydrogen-bond donors (Lipinski definition) is 2.